The molecule has 2 nitrogen and oxygen atoms in total. The van der Waals surface area contributed by atoms with Gasteiger partial charge >= 0.3 is 0 Å². The number of hydrogen-bond acceptors (Lipinski definition) is 2. The van der Waals surface area contributed by atoms with Crippen LogP contribution in [0.15, 0.2) is 16.5 Å². The molecular formula is C9H11ClO2. The average Bonchev–Trinajstić information content (AvgIpc) is 2.35. The summed E-state index contributed by atoms with van der Waals surface area (Å²) >= 11 is 5.86. The second-order valence-electron chi connectivity index (χ2n) is 3.32. The van der Waals surface area contributed by atoms with E-state index in [1.54, 1.807) is 0 Å². The fraction of sp³-hybridized carbons (Fsp3) is 0.556. The van der Waals surface area contributed by atoms with E-state index in [1.165, 1.54) is 0 Å². The van der Waals surface area contributed by atoms with Gasteiger partial charge in [0, 0.05) is 5.88 Å². The van der Waals surface area contributed by atoms with Gasteiger partial charge in [-0.05, 0) is 19.1 Å². The zero-order chi connectivity index (χ0) is 8.60. The summed E-state index contributed by atoms with van der Waals surface area (Å²) in [6, 6.07) is 3.95. The molecule has 1 aliphatic rings. The van der Waals surface area contributed by atoms with Crippen molar-refractivity contribution >= 4 is 11.6 Å². The SMILES string of the molecule is Cc1ccc(C2(CCl)COC2)o1. The standard InChI is InChI=1S/C9H11ClO2/c1-7-2-3-8(12-7)9(4-10)5-11-6-9/h2-3H,4-6H2,1H3. The normalized spacial score (nSPS) is 20.5. The van der Waals surface area contributed by atoms with Crippen molar-refractivity contribution in [1.82, 2.24) is 0 Å². The van der Waals surface area contributed by atoms with Crippen LogP contribution >= 0.6 is 11.6 Å². The van der Waals surface area contributed by atoms with Gasteiger partial charge in [0.2, 0.25) is 0 Å². The summed E-state index contributed by atoms with van der Waals surface area (Å²) in [6.45, 7) is 3.30. The first-order valence-electron chi connectivity index (χ1n) is 3.97. The molecule has 0 aliphatic carbocycles. The van der Waals surface area contributed by atoms with Crippen LogP contribution in [0.2, 0.25) is 0 Å². The van der Waals surface area contributed by atoms with E-state index in [0.29, 0.717) is 19.1 Å². The van der Waals surface area contributed by atoms with Crippen molar-refractivity contribution < 1.29 is 9.15 Å². The highest BCUT2D eigenvalue weighted by atomic mass is 35.5. The van der Waals surface area contributed by atoms with E-state index in [1.807, 2.05) is 19.1 Å². The van der Waals surface area contributed by atoms with Crippen LogP contribution in [0.4, 0.5) is 0 Å². The second-order valence-corrected chi connectivity index (χ2v) is 3.58. The minimum Gasteiger partial charge on any atom is -0.466 e. The fourth-order valence-electron chi connectivity index (χ4n) is 1.35. The van der Waals surface area contributed by atoms with Crippen LogP contribution in [-0.2, 0) is 10.2 Å². The molecule has 2 rings (SSSR count). The molecule has 0 amide bonds. The number of aryl methyl sites for hydroxylation is 1. The van der Waals surface area contributed by atoms with Crippen molar-refractivity contribution in [3.05, 3.63) is 23.7 Å². The summed E-state index contributed by atoms with van der Waals surface area (Å²) in [6.07, 6.45) is 0. The topological polar surface area (TPSA) is 22.4 Å². The van der Waals surface area contributed by atoms with Crippen LogP contribution in [0.1, 0.15) is 11.5 Å². The lowest BCUT2D eigenvalue weighted by molar-refractivity contribution is -0.0580. The molecule has 0 N–H and O–H groups in total. The Hall–Kier alpha value is -0.470. The predicted molar refractivity (Wildman–Crippen MR) is 46.7 cm³/mol. The van der Waals surface area contributed by atoms with E-state index < -0.39 is 0 Å². The number of ether oxygens (including phenoxy) is 1. The Kier molecular flexibility index (Phi) is 1.89. The van der Waals surface area contributed by atoms with Gasteiger partial charge in [-0.1, -0.05) is 0 Å². The van der Waals surface area contributed by atoms with E-state index in [-0.39, 0.29) is 5.41 Å². The number of furan rings is 1. The zero-order valence-corrected chi connectivity index (χ0v) is 7.73. The maximum absolute atomic E-state index is 5.86. The fourth-order valence-corrected chi connectivity index (χ4v) is 1.64. The Morgan fingerprint density at radius 2 is 2.25 bits per heavy atom. The summed E-state index contributed by atoms with van der Waals surface area (Å²) in [7, 11) is 0. The van der Waals surface area contributed by atoms with Crippen LogP contribution in [0.3, 0.4) is 0 Å². The Balaban J connectivity index is 2.27. The molecule has 1 aliphatic heterocycles. The quantitative estimate of drug-likeness (QED) is 0.660. The summed E-state index contributed by atoms with van der Waals surface area (Å²) < 4.78 is 10.7. The molecule has 0 aromatic carbocycles. The van der Waals surface area contributed by atoms with E-state index >= 15 is 0 Å². The maximum Gasteiger partial charge on any atom is 0.116 e. The lowest BCUT2D eigenvalue weighted by Crippen LogP contribution is -2.48. The highest BCUT2D eigenvalue weighted by Gasteiger charge is 2.42. The lowest BCUT2D eigenvalue weighted by Gasteiger charge is -2.37. The van der Waals surface area contributed by atoms with Crippen LogP contribution in [-0.4, -0.2) is 19.1 Å². The van der Waals surface area contributed by atoms with E-state index in [4.69, 9.17) is 20.8 Å². The average molecular weight is 187 g/mol. The van der Waals surface area contributed by atoms with Crippen molar-refractivity contribution in [3.8, 4) is 0 Å². The number of alkyl halides is 1. The second kappa shape index (κ2) is 2.79. The molecule has 1 fully saturated rings. The van der Waals surface area contributed by atoms with Gasteiger partial charge in [-0.2, -0.15) is 0 Å². The van der Waals surface area contributed by atoms with E-state index in [9.17, 15) is 0 Å². The summed E-state index contributed by atoms with van der Waals surface area (Å²) in [5.41, 5.74) is -0.0458. The summed E-state index contributed by atoms with van der Waals surface area (Å²) in [5.74, 6) is 2.46. The molecule has 1 aromatic rings. The molecule has 2 heterocycles. The Labute approximate surface area is 76.5 Å². The third-order valence-corrected chi connectivity index (χ3v) is 2.79. The molecular weight excluding hydrogens is 176 g/mol. The van der Waals surface area contributed by atoms with Crippen LogP contribution in [0, 0.1) is 6.92 Å². The van der Waals surface area contributed by atoms with Gasteiger partial charge in [0.25, 0.3) is 0 Å². The minimum atomic E-state index is -0.0458. The van der Waals surface area contributed by atoms with Crippen molar-refractivity contribution in [2.45, 2.75) is 12.3 Å². The first-order chi connectivity index (χ1) is 5.77. The van der Waals surface area contributed by atoms with Gasteiger partial charge in [-0.15, -0.1) is 11.6 Å². The van der Waals surface area contributed by atoms with Crippen LogP contribution in [0.5, 0.6) is 0 Å². The molecule has 0 radical (unpaired) electrons. The van der Waals surface area contributed by atoms with Crippen LogP contribution in [0.25, 0.3) is 0 Å². The molecule has 66 valence electrons. The van der Waals surface area contributed by atoms with E-state index in [0.717, 1.165) is 11.5 Å². The van der Waals surface area contributed by atoms with Crippen molar-refractivity contribution in [2.75, 3.05) is 19.1 Å². The highest BCUT2D eigenvalue weighted by molar-refractivity contribution is 6.18. The molecule has 1 saturated heterocycles. The van der Waals surface area contributed by atoms with Gasteiger partial charge in [-0.3, -0.25) is 0 Å². The molecule has 0 saturated carbocycles. The summed E-state index contributed by atoms with van der Waals surface area (Å²) in [5, 5.41) is 0. The van der Waals surface area contributed by atoms with Crippen LogP contribution < -0.4 is 0 Å². The highest BCUT2D eigenvalue weighted by Crippen LogP contribution is 2.34. The first kappa shape index (κ1) is 8.14. The molecule has 3 heteroatoms. The smallest absolute Gasteiger partial charge is 0.116 e. The zero-order valence-electron chi connectivity index (χ0n) is 6.97. The Bertz CT molecular complexity index is 270. The number of rotatable bonds is 2. The predicted octanol–water partition coefficient (Wildman–Crippen LogP) is 2.09. The Morgan fingerprint density at radius 3 is 2.58 bits per heavy atom. The van der Waals surface area contributed by atoms with Crippen molar-refractivity contribution in [3.63, 3.8) is 0 Å². The van der Waals surface area contributed by atoms with Crippen molar-refractivity contribution in [1.29, 1.82) is 0 Å². The van der Waals surface area contributed by atoms with Gasteiger partial charge in [0.15, 0.2) is 0 Å². The van der Waals surface area contributed by atoms with Gasteiger partial charge in [0.1, 0.15) is 11.5 Å². The van der Waals surface area contributed by atoms with E-state index in [2.05, 4.69) is 0 Å². The number of hydrogen-bond donors (Lipinski definition) is 0. The lowest BCUT2D eigenvalue weighted by atomic mass is 9.86. The number of halogens is 1. The first-order valence-corrected chi connectivity index (χ1v) is 4.51. The molecule has 1 aromatic heterocycles. The minimum absolute atomic E-state index is 0.0458. The monoisotopic (exact) mass is 186 g/mol. The maximum atomic E-state index is 5.86. The van der Waals surface area contributed by atoms with Gasteiger partial charge < -0.3 is 9.15 Å². The molecule has 0 unspecified atom stereocenters. The van der Waals surface area contributed by atoms with Gasteiger partial charge in [-0.25, -0.2) is 0 Å². The largest absolute Gasteiger partial charge is 0.466 e. The summed E-state index contributed by atoms with van der Waals surface area (Å²) in [4.78, 5) is 0. The molecule has 12 heavy (non-hydrogen) atoms. The third kappa shape index (κ3) is 1.06. The van der Waals surface area contributed by atoms with Gasteiger partial charge in [0.05, 0.1) is 18.6 Å². The molecule has 0 spiro atoms. The molecule has 0 atom stereocenters. The third-order valence-electron chi connectivity index (χ3n) is 2.28. The molecule has 0 bridgehead atoms. The van der Waals surface area contributed by atoms with Crippen molar-refractivity contribution in [2.24, 2.45) is 0 Å². The Morgan fingerprint density at radius 1 is 1.50 bits per heavy atom.